The molecule has 2 aliphatic heterocycles. The maximum Gasteiger partial charge on any atom is 0.420 e. The van der Waals surface area contributed by atoms with E-state index < -0.39 is 28.4 Å². The molecule has 2 N–H and O–H groups in total. The van der Waals surface area contributed by atoms with Crippen molar-refractivity contribution in [3.8, 4) is 10.6 Å². The van der Waals surface area contributed by atoms with Crippen LogP contribution in [0.15, 0.2) is 23.4 Å². The van der Waals surface area contributed by atoms with Crippen molar-refractivity contribution in [2.24, 2.45) is 0 Å². The van der Waals surface area contributed by atoms with Crippen LogP contribution in [0.2, 0.25) is 0 Å². The highest BCUT2D eigenvalue weighted by atomic mass is 32.2. The van der Waals surface area contributed by atoms with E-state index in [2.05, 4.69) is 32.5 Å². The van der Waals surface area contributed by atoms with Crippen LogP contribution < -0.4 is 10.6 Å². The average Bonchev–Trinajstić information content (AvgIpc) is 3.51. The average molecular weight is 566 g/mol. The molecule has 0 spiro atoms. The number of hydrogen-bond acceptors (Lipinski definition) is 8. The summed E-state index contributed by atoms with van der Waals surface area (Å²) in [5.41, 5.74) is 0.201. The molecule has 1 aliphatic carbocycles. The summed E-state index contributed by atoms with van der Waals surface area (Å²) >= 11 is 0.856. The van der Waals surface area contributed by atoms with Crippen LogP contribution in [-0.4, -0.2) is 67.2 Å². The van der Waals surface area contributed by atoms with Crippen molar-refractivity contribution in [2.45, 2.75) is 48.7 Å². The van der Waals surface area contributed by atoms with Gasteiger partial charge in [0, 0.05) is 30.6 Å². The Kier molecular flexibility index (Phi) is 6.51. The highest BCUT2D eigenvalue weighted by molar-refractivity contribution is 7.85. The summed E-state index contributed by atoms with van der Waals surface area (Å²) in [6, 6.07) is 1.65. The third-order valence-corrected chi connectivity index (χ3v) is 9.74. The van der Waals surface area contributed by atoms with Crippen LogP contribution >= 0.6 is 11.3 Å². The first-order chi connectivity index (χ1) is 18.2. The van der Waals surface area contributed by atoms with E-state index in [-0.39, 0.29) is 44.6 Å². The van der Waals surface area contributed by atoms with Crippen molar-refractivity contribution >= 4 is 39.7 Å². The van der Waals surface area contributed by atoms with Gasteiger partial charge in [0.05, 0.1) is 43.7 Å². The van der Waals surface area contributed by atoms with Crippen molar-refractivity contribution in [1.29, 1.82) is 0 Å². The number of halogens is 3. The molecule has 1 saturated carbocycles. The highest BCUT2D eigenvalue weighted by Crippen LogP contribution is 2.44. The molecule has 14 heteroatoms. The number of thiophene rings is 1. The minimum Gasteiger partial charge on any atom is -0.350 e. The Balaban J connectivity index is 1.36. The van der Waals surface area contributed by atoms with Gasteiger partial charge in [0.25, 0.3) is 5.91 Å². The Morgan fingerprint density at radius 2 is 1.97 bits per heavy atom. The molecule has 0 radical (unpaired) electrons. The fourth-order valence-corrected chi connectivity index (χ4v) is 7.34. The van der Waals surface area contributed by atoms with E-state index in [1.807, 2.05) is 10.9 Å². The van der Waals surface area contributed by atoms with Crippen molar-refractivity contribution in [1.82, 2.24) is 30.0 Å². The number of hydrogen-bond donors (Lipinski definition) is 2. The summed E-state index contributed by atoms with van der Waals surface area (Å²) in [6.07, 6.45) is 1.92. The Labute approximate surface area is 223 Å². The highest BCUT2D eigenvalue weighted by Gasteiger charge is 2.37. The third-order valence-electron chi connectivity index (χ3n) is 7.08. The summed E-state index contributed by atoms with van der Waals surface area (Å²) < 4.78 is 56.4. The van der Waals surface area contributed by atoms with E-state index in [0.29, 0.717) is 11.6 Å². The molecule has 3 aliphatic rings. The smallest absolute Gasteiger partial charge is 0.350 e. The van der Waals surface area contributed by atoms with Gasteiger partial charge in [-0.3, -0.25) is 13.7 Å². The molecule has 5 heterocycles. The van der Waals surface area contributed by atoms with E-state index in [0.717, 1.165) is 62.0 Å². The Morgan fingerprint density at radius 3 is 2.68 bits per heavy atom. The second-order valence-electron chi connectivity index (χ2n) is 9.90. The first kappa shape index (κ1) is 25.4. The number of piperidine rings is 1. The molecule has 3 aromatic heterocycles. The largest absolute Gasteiger partial charge is 0.420 e. The number of carbonyl (C=O) groups excluding carboxylic acids is 1. The molecular weight excluding hydrogens is 539 g/mol. The summed E-state index contributed by atoms with van der Waals surface area (Å²) in [5.74, 6) is 0.0638. The number of aromatic nitrogens is 4. The number of amides is 1. The van der Waals surface area contributed by atoms with Gasteiger partial charge in [-0.1, -0.05) is 0 Å². The molecular formula is C24H26F3N7O2S2. The lowest BCUT2D eigenvalue weighted by Crippen LogP contribution is -2.31. The minimum absolute atomic E-state index is 0.00648. The molecule has 1 saturated heterocycles. The van der Waals surface area contributed by atoms with Crippen molar-refractivity contribution in [3.05, 3.63) is 34.6 Å². The Hall–Kier alpha value is -2.84. The maximum atomic E-state index is 14.0. The summed E-state index contributed by atoms with van der Waals surface area (Å²) in [5, 5.41) is 10.6. The predicted molar refractivity (Wildman–Crippen MR) is 137 cm³/mol. The lowest BCUT2D eigenvalue weighted by Gasteiger charge is -2.29. The van der Waals surface area contributed by atoms with Crippen LogP contribution in [0.5, 0.6) is 0 Å². The van der Waals surface area contributed by atoms with E-state index in [9.17, 15) is 22.2 Å². The molecule has 2 fully saturated rings. The van der Waals surface area contributed by atoms with Crippen LogP contribution in [0.1, 0.15) is 58.6 Å². The van der Waals surface area contributed by atoms with E-state index in [1.165, 1.54) is 6.07 Å². The fraction of sp³-hybridized carbons (Fsp3) is 0.500. The maximum absolute atomic E-state index is 14.0. The molecule has 6 rings (SSSR count). The van der Waals surface area contributed by atoms with Crippen LogP contribution in [-0.2, 0) is 17.0 Å². The predicted octanol–water partition coefficient (Wildman–Crippen LogP) is 4.16. The van der Waals surface area contributed by atoms with Gasteiger partial charge in [0.2, 0.25) is 5.95 Å². The van der Waals surface area contributed by atoms with Gasteiger partial charge < -0.3 is 15.5 Å². The monoisotopic (exact) mass is 565 g/mol. The van der Waals surface area contributed by atoms with E-state index >= 15 is 0 Å². The van der Waals surface area contributed by atoms with Crippen molar-refractivity contribution in [3.63, 3.8) is 0 Å². The molecule has 202 valence electrons. The number of rotatable bonds is 5. The van der Waals surface area contributed by atoms with Gasteiger partial charge in [-0.15, -0.1) is 11.3 Å². The zero-order valence-electron chi connectivity index (χ0n) is 20.5. The first-order valence-electron chi connectivity index (χ1n) is 12.5. The minimum atomic E-state index is -4.71. The summed E-state index contributed by atoms with van der Waals surface area (Å²) in [6.45, 7) is 2.20. The summed E-state index contributed by atoms with van der Waals surface area (Å²) in [7, 11) is 0.593. The zero-order valence-corrected chi connectivity index (χ0v) is 22.2. The fourth-order valence-electron chi connectivity index (χ4n) is 4.83. The molecule has 0 aromatic carbocycles. The second-order valence-corrected chi connectivity index (χ2v) is 12.5. The normalized spacial score (nSPS) is 21.2. The molecule has 1 atom stereocenters. The molecule has 1 unspecified atom stereocenters. The molecule has 38 heavy (non-hydrogen) atoms. The number of anilines is 2. The molecule has 1 amide bonds. The van der Waals surface area contributed by atoms with Crippen molar-refractivity contribution < 1.29 is 22.2 Å². The first-order valence-corrected chi connectivity index (χ1v) is 14.6. The van der Waals surface area contributed by atoms with Gasteiger partial charge in [-0.05, 0) is 51.9 Å². The molecule has 9 nitrogen and oxygen atoms in total. The molecule has 0 bridgehead atoms. The quantitative estimate of drug-likeness (QED) is 0.479. The van der Waals surface area contributed by atoms with Gasteiger partial charge >= 0.3 is 6.18 Å². The van der Waals surface area contributed by atoms with Crippen LogP contribution in [0.4, 0.5) is 24.8 Å². The van der Waals surface area contributed by atoms with Gasteiger partial charge in [-0.2, -0.15) is 18.3 Å². The number of fused-ring (bicyclic) bond motifs is 1. The lowest BCUT2D eigenvalue weighted by molar-refractivity contribution is -0.137. The number of carbonyl (C=O) groups is 1. The Morgan fingerprint density at radius 1 is 1.21 bits per heavy atom. The van der Waals surface area contributed by atoms with E-state index in [1.54, 1.807) is 0 Å². The van der Waals surface area contributed by atoms with Crippen LogP contribution in [0.3, 0.4) is 0 Å². The Bertz CT molecular complexity index is 1370. The lowest BCUT2D eigenvalue weighted by atomic mass is 10.1. The SMILES string of the molecule is CN1CCC(n2cc(Nc3ncc(C(F)(F)F)c(-c4cc5c(s4)C(=O)NCCS5=O)n3)c(C3CC3)n2)CC1. The number of nitrogens with one attached hydrogen (secondary N) is 2. The summed E-state index contributed by atoms with van der Waals surface area (Å²) in [4.78, 5) is 23.5. The number of likely N-dealkylation sites (tertiary alicyclic amines) is 1. The van der Waals surface area contributed by atoms with Gasteiger partial charge in [0.1, 0.15) is 10.4 Å². The van der Waals surface area contributed by atoms with Gasteiger partial charge in [0.15, 0.2) is 0 Å². The number of nitrogens with zero attached hydrogens (tertiary/aromatic N) is 5. The second kappa shape index (κ2) is 9.72. The van der Waals surface area contributed by atoms with E-state index in [4.69, 9.17) is 5.10 Å². The molecule has 3 aromatic rings. The van der Waals surface area contributed by atoms with Crippen LogP contribution in [0, 0.1) is 0 Å². The van der Waals surface area contributed by atoms with Crippen molar-refractivity contribution in [2.75, 3.05) is 37.8 Å². The standard InChI is InChI=1S/C24H26F3N7O2S2/c1-33-7-4-14(5-8-33)34-12-16(19(32-34)13-2-3-13)30-23-29-11-15(24(25,26)27)20(31-23)17-10-18-21(37-17)22(35)28-6-9-38(18)36/h10-14H,2-9H2,1H3,(H,28,35)(H,29,30,31). The van der Waals surface area contributed by atoms with Gasteiger partial charge in [-0.25, -0.2) is 9.97 Å². The number of alkyl halides is 3. The third kappa shape index (κ3) is 4.96. The zero-order chi connectivity index (χ0) is 26.6. The van der Waals surface area contributed by atoms with Crippen LogP contribution in [0.25, 0.3) is 10.6 Å². The topological polar surface area (TPSA) is 105 Å².